The second-order valence-corrected chi connectivity index (χ2v) is 10.4. The molecule has 0 atom stereocenters. The second kappa shape index (κ2) is 15.0. The van der Waals surface area contributed by atoms with Crippen LogP contribution in [0, 0.1) is 0 Å². The first-order chi connectivity index (χ1) is 21.3. The first kappa shape index (κ1) is 32.1. The predicted molar refractivity (Wildman–Crippen MR) is 166 cm³/mol. The number of fused-ring (bicyclic) bond motifs is 2. The zero-order chi connectivity index (χ0) is 31.6. The molecule has 44 heavy (non-hydrogen) atoms. The van der Waals surface area contributed by atoms with E-state index in [1.807, 2.05) is 23.1 Å². The van der Waals surface area contributed by atoms with Crippen molar-refractivity contribution < 1.29 is 43.3 Å². The Balaban J connectivity index is 1.57. The van der Waals surface area contributed by atoms with Crippen LogP contribution < -0.4 is 4.90 Å². The molecular weight excluding hydrogens is 564 g/mol. The third-order valence-corrected chi connectivity index (χ3v) is 7.45. The number of ether oxygens (including phenoxy) is 2. The van der Waals surface area contributed by atoms with Gasteiger partial charge in [0.2, 0.25) is 17.3 Å². The minimum Gasteiger partial charge on any atom is -0.507 e. The van der Waals surface area contributed by atoms with Crippen molar-refractivity contribution in [1.82, 2.24) is 0 Å². The largest absolute Gasteiger partial charge is 0.507 e. The topological polar surface area (TPSA) is 115 Å². The van der Waals surface area contributed by atoms with E-state index in [0.29, 0.717) is 42.1 Å². The smallest absolute Gasteiger partial charge is 0.330 e. The van der Waals surface area contributed by atoms with Crippen LogP contribution in [-0.2, 0) is 33.6 Å². The molecule has 1 N–H and O–H groups in total. The normalized spacial score (nSPS) is 16.0. The summed E-state index contributed by atoms with van der Waals surface area (Å²) in [6.45, 7) is 13.8. The lowest BCUT2D eigenvalue weighted by Crippen LogP contribution is -2.31. The van der Waals surface area contributed by atoms with Crippen molar-refractivity contribution in [3.8, 4) is 5.75 Å². The molecule has 0 radical (unpaired) electrons. The molecule has 10 nitrogen and oxygen atoms in total. The highest BCUT2D eigenvalue weighted by Gasteiger charge is 2.45. The van der Waals surface area contributed by atoms with Gasteiger partial charge in [-0.15, -0.1) is 0 Å². The summed E-state index contributed by atoms with van der Waals surface area (Å²) in [4.78, 5) is 49.6. The standard InChI is InChI=1S/C34H38N2O8/c1-5-9-15-35(17-19-41-29(38)7-3)23-11-13-25(27(37)21-23)31-33(40)32-26-14-12-24(22-28(26)43-44-34(31)32)36(16-10-6-2)18-20-42-30(39)8-4/h7-8,11-14,21-22H,3-6,9-10,15-20H2,1-2H3/p+1. The summed E-state index contributed by atoms with van der Waals surface area (Å²) in [5.74, 6) is -0.610. The van der Waals surface area contributed by atoms with E-state index in [4.69, 9.17) is 19.2 Å². The lowest BCUT2D eigenvalue weighted by Gasteiger charge is -2.32. The zero-order valence-electron chi connectivity index (χ0n) is 25.3. The number of unbranched alkanes of at least 4 members (excludes halogenated alkanes) is 2. The van der Waals surface area contributed by atoms with E-state index in [1.54, 1.807) is 18.2 Å². The Kier molecular flexibility index (Phi) is 11.0. The Bertz CT molecular complexity index is 1490. The summed E-state index contributed by atoms with van der Waals surface area (Å²) in [5, 5.41) is 11.0. The molecule has 4 rings (SSSR count). The van der Waals surface area contributed by atoms with Crippen LogP contribution in [0.15, 0.2) is 84.4 Å². The van der Waals surface area contributed by atoms with Gasteiger partial charge in [-0.25, -0.2) is 14.2 Å². The number of esters is 2. The SMILES string of the molecule is C=CC(=O)OCCN(CCCC)c1ccc(C2=C3OOC4=CC(=[N+](CCCC)CCOC(=O)C=C)C=CC4=C3C2=O)c(O)c1. The molecule has 1 aromatic rings. The maximum atomic E-state index is 13.4. The van der Waals surface area contributed by atoms with E-state index in [0.717, 1.165) is 55.8 Å². The predicted octanol–water partition coefficient (Wildman–Crippen LogP) is 4.72. The Morgan fingerprint density at radius 2 is 1.68 bits per heavy atom. The van der Waals surface area contributed by atoms with E-state index in [9.17, 15) is 19.5 Å². The molecule has 1 aliphatic heterocycles. The molecule has 232 valence electrons. The van der Waals surface area contributed by atoms with Crippen LogP contribution >= 0.6 is 0 Å². The fraction of sp³-hybridized carbons (Fsp3) is 0.353. The summed E-state index contributed by atoms with van der Waals surface area (Å²) in [5.41, 5.74) is 3.16. The molecule has 1 aromatic carbocycles. The van der Waals surface area contributed by atoms with Crippen LogP contribution in [0.5, 0.6) is 5.75 Å². The molecule has 0 saturated carbocycles. The number of aromatic hydroxyl groups is 1. The molecule has 0 spiro atoms. The second-order valence-electron chi connectivity index (χ2n) is 10.4. The molecule has 0 amide bonds. The zero-order valence-corrected chi connectivity index (χ0v) is 25.3. The number of nitrogens with zero attached hydrogens (tertiary/aromatic N) is 2. The number of allylic oxidation sites excluding steroid dienone is 5. The van der Waals surface area contributed by atoms with Crippen molar-refractivity contribution in [3.05, 3.63) is 90.0 Å². The number of hydrogen-bond acceptors (Lipinski definition) is 9. The van der Waals surface area contributed by atoms with E-state index in [2.05, 4.69) is 31.6 Å². The van der Waals surface area contributed by atoms with Gasteiger partial charge in [0.25, 0.3) is 0 Å². The summed E-state index contributed by atoms with van der Waals surface area (Å²) in [7, 11) is 0. The maximum Gasteiger partial charge on any atom is 0.330 e. The Morgan fingerprint density at radius 3 is 2.36 bits per heavy atom. The van der Waals surface area contributed by atoms with E-state index in [-0.39, 0.29) is 36.1 Å². The van der Waals surface area contributed by atoms with Crippen molar-refractivity contribution in [3.63, 3.8) is 0 Å². The number of benzene rings is 1. The molecule has 0 bridgehead atoms. The molecule has 3 aliphatic rings. The number of anilines is 1. The number of phenols is 1. The molecule has 0 saturated heterocycles. The first-order valence-electron chi connectivity index (χ1n) is 14.9. The molecule has 2 aliphatic carbocycles. The first-order valence-corrected chi connectivity index (χ1v) is 14.9. The third kappa shape index (κ3) is 7.19. The van der Waals surface area contributed by atoms with Gasteiger partial charge in [0.15, 0.2) is 12.3 Å². The van der Waals surface area contributed by atoms with Gasteiger partial charge < -0.3 is 19.5 Å². The maximum absolute atomic E-state index is 13.4. The molecule has 1 heterocycles. The fourth-order valence-corrected chi connectivity index (χ4v) is 5.03. The van der Waals surface area contributed by atoms with E-state index < -0.39 is 11.9 Å². The minimum atomic E-state index is -0.490. The molecule has 0 unspecified atom stereocenters. The summed E-state index contributed by atoms with van der Waals surface area (Å²) in [6, 6.07) is 5.10. The minimum absolute atomic E-state index is 0.0737. The highest BCUT2D eigenvalue weighted by atomic mass is 17.2. The summed E-state index contributed by atoms with van der Waals surface area (Å²) in [6.07, 6.45) is 11.6. The van der Waals surface area contributed by atoms with Crippen molar-refractivity contribution >= 4 is 34.7 Å². The average molecular weight is 604 g/mol. The lowest BCUT2D eigenvalue weighted by atomic mass is 9.79. The van der Waals surface area contributed by atoms with Gasteiger partial charge >= 0.3 is 11.9 Å². The van der Waals surface area contributed by atoms with Gasteiger partial charge in [-0.05, 0) is 24.6 Å². The molecule has 10 heteroatoms. The van der Waals surface area contributed by atoms with E-state index >= 15 is 0 Å². The van der Waals surface area contributed by atoms with Gasteiger partial charge in [0.1, 0.15) is 25.5 Å². The Morgan fingerprint density at radius 1 is 0.955 bits per heavy atom. The van der Waals surface area contributed by atoms with Crippen LogP contribution in [0.2, 0.25) is 0 Å². The summed E-state index contributed by atoms with van der Waals surface area (Å²) < 4.78 is 12.4. The van der Waals surface area contributed by atoms with Crippen molar-refractivity contribution in [2.75, 3.05) is 44.3 Å². The van der Waals surface area contributed by atoms with E-state index in [1.165, 1.54) is 0 Å². The number of carbonyl (C=O) groups is 3. The quantitative estimate of drug-likeness (QED) is 0.124. The number of ketones is 1. The lowest BCUT2D eigenvalue weighted by molar-refractivity contribution is -0.529. The fourth-order valence-electron chi connectivity index (χ4n) is 5.03. The van der Waals surface area contributed by atoms with Crippen molar-refractivity contribution in [2.24, 2.45) is 0 Å². The van der Waals surface area contributed by atoms with Crippen LogP contribution in [0.1, 0.15) is 45.1 Å². The molecular formula is C34H39N2O8+. The van der Waals surface area contributed by atoms with Gasteiger partial charge in [0.05, 0.1) is 23.8 Å². The Labute approximate surface area is 257 Å². The van der Waals surface area contributed by atoms with Crippen LogP contribution in [0.4, 0.5) is 5.69 Å². The average Bonchev–Trinajstić information content (AvgIpc) is 3.03. The molecule has 0 aromatic heterocycles. The van der Waals surface area contributed by atoms with Gasteiger partial charge in [0, 0.05) is 54.1 Å². The number of carbonyl (C=O) groups excluding carboxylic acids is 3. The van der Waals surface area contributed by atoms with Crippen LogP contribution in [0.25, 0.3) is 5.57 Å². The highest BCUT2D eigenvalue weighted by Crippen LogP contribution is 2.48. The number of rotatable bonds is 16. The van der Waals surface area contributed by atoms with Gasteiger partial charge in [-0.3, -0.25) is 14.6 Å². The monoisotopic (exact) mass is 603 g/mol. The van der Waals surface area contributed by atoms with Crippen molar-refractivity contribution in [1.29, 1.82) is 0 Å². The number of phenolic OH excluding ortho intramolecular Hbond substituents is 1. The highest BCUT2D eigenvalue weighted by molar-refractivity contribution is 6.40. The Hall–Kier alpha value is -4.86. The van der Waals surface area contributed by atoms with Crippen molar-refractivity contribution in [2.45, 2.75) is 39.5 Å². The van der Waals surface area contributed by atoms with Crippen LogP contribution in [-0.4, -0.2) is 72.5 Å². The number of hydrogen-bond donors (Lipinski definition) is 1. The van der Waals surface area contributed by atoms with Gasteiger partial charge in [-0.1, -0.05) is 39.8 Å². The third-order valence-electron chi connectivity index (χ3n) is 7.45. The van der Waals surface area contributed by atoms with Crippen LogP contribution in [0.3, 0.4) is 0 Å². The number of Topliss-reactive ketones (excluding diaryl/α,β-unsaturated/α-hetero) is 1. The summed E-state index contributed by atoms with van der Waals surface area (Å²) >= 11 is 0. The molecule has 0 fully saturated rings. The van der Waals surface area contributed by atoms with Gasteiger partial charge in [-0.2, -0.15) is 0 Å².